The third-order valence-corrected chi connectivity index (χ3v) is 2.45. The number of carbonyl (C=O) groups is 1. The zero-order chi connectivity index (χ0) is 8.97. The van der Waals surface area contributed by atoms with E-state index in [1.807, 2.05) is 0 Å². The van der Waals surface area contributed by atoms with Gasteiger partial charge in [-0.15, -0.1) is 0 Å². The summed E-state index contributed by atoms with van der Waals surface area (Å²) in [5, 5.41) is 11.3. The van der Waals surface area contributed by atoms with E-state index in [1.165, 1.54) is 12.8 Å². The minimum absolute atomic E-state index is 0.242. The van der Waals surface area contributed by atoms with Crippen LogP contribution in [-0.2, 0) is 4.79 Å². The molecule has 0 bridgehead atoms. The fourth-order valence-corrected chi connectivity index (χ4v) is 1.84. The van der Waals surface area contributed by atoms with Gasteiger partial charge in [0.1, 0.15) is 6.61 Å². The molecule has 1 fully saturated rings. The first-order valence-corrected chi connectivity index (χ1v) is 4.62. The topological polar surface area (TPSA) is 49.3 Å². The van der Waals surface area contributed by atoms with Crippen molar-refractivity contribution in [3.8, 4) is 0 Å². The van der Waals surface area contributed by atoms with Crippen LogP contribution >= 0.6 is 0 Å². The van der Waals surface area contributed by atoms with Gasteiger partial charge in [-0.2, -0.15) is 0 Å². The van der Waals surface area contributed by atoms with Crippen LogP contribution < -0.4 is 5.32 Å². The van der Waals surface area contributed by atoms with E-state index in [-0.39, 0.29) is 12.5 Å². The van der Waals surface area contributed by atoms with E-state index < -0.39 is 0 Å². The minimum atomic E-state index is -0.384. The summed E-state index contributed by atoms with van der Waals surface area (Å²) < 4.78 is 0. The Kier molecular flexibility index (Phi) is 3.53. The largest absolute Gasteiger partial charge is 0.387 e. The Balaban J connectivity index is 2.27. The molecule has 0 spiro atoms. The number of hydrogen-bond donors (Lipinski definition) is 2. The van der Waals surface area contributed by atoms with Gasteiger partial charge >= 0.3 is 0 Å². The van der Waals surface area contributed by atoms with Crippen molar-refractivity contribution >= 4 is 5.91 Å². The van der Waals surface area contributed by atoms with E-state index in [2.05, 4.69) is 12.2 Å². The lowest BCUT2D eigenvalue weighted by molar-refractivity contribution is -0.124. The SMILES string of the molecule is CC1CCCC(NC(=O)CO)C1. The molecule has 3 nitrogen and oxygen atoms in total. The van der Waals surface area contributed by atoms with Crippen molar-refractivity contribution in [2.45, 2.75) is 38.6 Å². The van der Waals surface area contributed by atoms with E-state index in [1.54, 1.807) is 0 Å². The first-order chi connectivity index (χ1) is 5.72. The fraction of sp³-hybridized carbons (Fsp3) is 0.889. The van der Waals surface area contributed by atoms with Crippen LogP contribution in [0.25, 0.3) is 0 Å². The summed E-state index contributed by atoms with van der Waals surface area (Å²) in [6.45, 7) is 1.82. The zero-order valence-electron chi connectivity index (χ0n) is 7.55. The van der Waals surface area contributed by atoms with E-state index in [0.717, 1.165) is 12.8 Å². The van der Waals surface area contributed by atoms with Crippen molar-refractivity contribution in [2.24, 2.45) is 5.92 Å². The molecule has 0 radical (unpaired) electrons. The summed E-state index contributed by atoms with van der Waals surface area (Å²) in [7, 11) is 0. The number of hydrogen-bond acceptors (Lipinski definition) is 2. The molecule has 1 aliphatic rings. The van der Waals surface area contributed by atoms with Crippen molar-refractivity contribution in [3.63, 3.8) is 0 Å². The molecule has 1 amide bonds. The Labute approximate surface area is 73.2 Å². The highest BCUT2D eigenvalue weighted by Gasteiger charge is 2.19. The zero-order valence-corrected chi connectivity index (χ0v) is 7.55. The van der Waals surface area contributed by atoms with Gasteiger partial charge in [0.2, 0.25) is 5.91 Å². The lowest BCUT2D eigenvalue weighted by atomic mass is 9.87. The van der Waals surface area contributed by atoms with Gasteiger partial charge in [0.05, 0.1) is 0 Å². The molecule has 0 heterocycles. The van der Waals surface area contributed by atoms with E-state index >= 15 is 0 Å². The normalized spacial score (nSPS) is 29.8. The summed E-state index contributed by atoms with van der Waals surface area (Å²) in [5.41, 5.74) is 0. The lowest BCUT2D eigenvalue weighted by Crippen LogP contribution is -2.39. The third-order valence-electron chi connectivity index (χ3n) is 2.45. The molecule has 0 aromatic carbocycles. The average Bonchev–Trinajstić information content (AvgIpc) is 2.04. The Morgan fingerprint density at radius 1 is 1.58 bits per heavy atom. The van der Waals surface area contributed by atoms with E-state index in [0.29, 0.717) is 12.0 Å². The fourth-order valence-electron chi connectivity index (χ4n) is 1.84. The van der Waals surface area contributed by atoms with Gasteiger partial charge in [0.25, 0.3) is 0 Å². The molecular formula is C9H17NO2. The van der Waals surface area contributed by atoms with Crippen molar-refractivity contribution in [2.75, 3.05) is 6.61 Å². The first kappa shape index (κ1) is 9.52. The summed E-state index contributed by atoms with van der Waals surface area (Å²) in [4.78, 5) is 10.8. The molecular weight excluding hydrogens is 154 g/mol. The maximum Gasteiger partial charge on any atom is 0.245 e. The van der Waals surface area contributed by atoms with Gasteiger partial charge in [-0.25, -0.2) is 0 Å². The van der Waals surface area contributed by atoms with Crippen LogP contribution in [0.3, 0.4) is 0 Å². The van der Waals surface area contributed by atoms with E-state index in [9.17, 15) is 4.79 Å². The number of amides is 1. The van der Waals surface area contributed by atoms with Crippen molar-refractivity contribution in [1.82, 2.24) is 5.32 Å². The highest BCUT2D eigenvalue weighted by Crippen LogP contribution is 2.23. The summed E-state index contributed by atoms with van der Waals surface area (Å²) in [6.07, 6.45) is 4.59. The molecule has 2 unspecified atom stereocenters. The van der Waals surface area contributed by atoms with Crippen LogP contribution in [0.15, 0.2) is 0 Å². The van der Waals surface area contributed by atoms with Crippen LogP contribution in [0, 0.1) is 5.92 Å². The van der Waals surface area contributed by atoms with Gasteiger partial charge < -0.3 is 10.4 Å². The van der Waals surface area contributed by atoms with Gasteiger partial charge in [-0.05, 0) is 18.8 Å². The second-order valence-corrected chi connectivity index (χ2v) is 3.69. The highest BCUT2D eigenvalue weighted by atomic mass is 16.3. The Bertz CT molecular complexity index is 159. The van der Waals surface area contributed by atoms with Crippen molar-refractivity contribution < 1.29 is 9.90 Å². The second-order valence-electron chi connectivity index (χ2n) is 3.69. The van der Waals surface area contributed by atoms with Gasteiger partial charge in [-0.3, -0.25) is 4.79 Å². The maximum absolute atomic E-state index is 10.8. The van der Waals surface area contributed by atoms with Crippen LogP contribution in [0.1, 0.15) is 32.6 Å². The molecule has 0 aromatic heterocycles. The summed E-state index contributed by atoms with van der Waals surface area (Å²) in [5.74, 6) is 0.469. The average molecular weight is 171 g/mol. The van der Waals surface area contributed by atoms with Crippen LogP contribution in [-0.4, -0.2) is 23.7 Å². The van der Waals surface area contributed by atoms with Crippen LogP contribution in [0.4, 0.5) is 0 Å². The van der Waals surface area contributed by atoms with Crippen LogP contribution in [0.2, 0.25) is 0 Å². The predicted molar refractivity (Wildman–Crippen MR) is 46.6 cm³/mol. The smallest absolute Gasteiger partial charge is 0.245 e. The molecule has 70 valence electrons. The maximum atomic E-state index is 10.8. The van der Waals surface area contributed by atoms with Crippen molar-refractivity contribution in [3.05, 3.63) is 0 Å². The Hall–Kier alpha value is -0.570. The molecule has 3 heteroatoms. The molecule has 2 N–H and O–H groups in total. The Morgan fingerprint density at radius 2 is 2.33 bits per heavy atom. The number of nitrogens with one attached hydrogen (secondary N) is 1. The van der Waals surface area contributed by atoms with Gasteiger partial charge in [0.15, 0.2) is 0 Å². The van der Waals surface area contributed by atoms with Crippen LogP contribution in [0.5, 0.6) is 0 Å². The summed E-state index contributed by atoms with van der Waals surface area (Å²) >= 11 is 0. The van der Waals surface area contributed by atoms with Crippen molar-refractivity contribution in [1.29, 1.82) is 0 Å². The number of aliphatic hydroxyl groups excluding tert-OH is 1. The quantitative estimate of drug-likeness (QED) is 0.641. The number of carbonyl (C=O) groups excluding carboxylic acids is 1. The number of aliphatic hydroxyl groups is 1. The third kappa shape index (κ3) is 2.81. The molecule has 1 saturated carbocycles. The molecule has 0 aliphatic heterocycles. The highest BCUT2D eigenvalue weighted by molar-refractivity contribution is 5.77. The predicted octanol–water partition coefficient (Wildman–Crippen LogP) is 0.674. The minimum Gasteiger partial charge on any atom is -0.387 e. The lowest BCUT2D eigenvalue weighted by Gasteiger charge is -2.27. The monoisotopic (exact) mass is 171 g/mol. The van der Waals surface area contributed by atoms with Gasteiger partial charge in [-0.1, -0.05) is 19.8 Å². The molecule has 1 rings (SSSR count). The second kappa shape index (κ2) is 4.45. The molecule has 0 aromatic rings. The summed E-state index contributed by atoms with van der Waals surface area (Å²) in [6, 6.07) is 0.299. The molecule has 12 heavy (non-hydrogen) atoms. The molecule has 0 saturated heterocycles. The Morgan fingerprint density at radius 3 is 2.92 bits per heavy atom. The molecule has 1 aliphatic carbocycles. The molecule has 2 atom stereocenters. The number of rotatable bonds is 2. The van der Waals surface area contributed by atoms with E-state index in [4.69, 9.17) is 5.11 Å². The standard InChI is InChI=1S/C9H17NO2/c1-7-3-2-4-8(5-7)10-9(12)6-11/h7-8,11H,2-6H2,1H3,(H,10,12). The van der Waals surface area contributed by atoms with Gasteiger partial charge in [0, 0.05) is 6.04 Å². The first-order valence-electron chi connectivity index (χ1n) is 4.62.